The average Bonchev–Trinajstić information content (AvgIpc) is 3.46. The number of fused-ring (bicyclic) bond motifs is 1. The summed E-state index contributed by atoms with van der Waals surface area (Å²) >= 11 is 0. The maximum Gasteiger partial charge on any atom is 0.279 e. The second-order valence-electron chi connectivity index (χ2n) is 7.45. The minimum Gasteiger partial charge on any atom is -0.314 e. The van der Waals surface area contributed by atoms with Gasteiger partial charge < -0.3 is 4.40 Å². The number of hydrogen-bond acceptors (Lipinski definition) is 3. The third kappa shape index (κ3) is 2.84. The number of aromatic nitrogens is 3. The zero-order valence-corrected chi connectivity index (χ0v) is 15.4. The molecule has 1 aliphatic heterocycles. The molecule has 2 fully saturated rings. The Balaban J connectivity index is 1.60. The van der Waals surface area contributed by atoms with E-state index in [-0.39, 0.29) is 5.91 Å². The van der Waals surface area contributed by atoms with E-state index in [4.69, 9.17) is 4.84 Å². The quantitative estimate of drug-likeness (QED) is 0.703. The molecule has 140 valence electrons. The largest absolute Gasteiger partial charge is 0.314 e. The van der Waals surface area contributed by atoms with Crippen molar-refractivity contribution in [3.63, 3.8) is 0 Å². The molecule has 1 aliphatic carbocycles. The number of hydrogen-bond donors (Lipinski definition) is 0. The van der Waals surface area contributed by atoms with Crippen LogP contribution in [-0.2, 0) is 4.84 Å². The van der Waals surface area contributed by atoms with Crippen LogP contribution in [0.4, 0.5) is 0 Å². The molecule has 0 atom stereocenters. The van der Waals surface area contributed by atoms with Gasteiger partial charge in [0.05, 0.1) is 35.1 Å². The summed E-state index contributed by atoms with van der Waals surface area (Å²) < 4.78 is 4.24. The second-order valence-corrected chi connectivity index (χ2v) is 7.45. The monoisotopic (exact) mass is 364 g/mol. The molecule has 0 radical (unpaired) electrons. The van der Waals surface area contributed by atoms with Gasteiger partial charge in [-0.25, -0.2) is 5.06 Å². The zero-order chi connectivity index (χ0) is 18.2. The lowest BCUT2D eigenvalue weighted by atomic mass is 10.2. The van der Waals surface area contributed by atoms with E-state index < -0.39 is 0 Å². The molecular weight excluding hydrogens is 340 g/mol. The fraction of sp³-hybridized carbons (Fsp3) is 0.429. The summed E-state index contributed by atoms with van der Waals surface area (Å²) in [6, 6.07) is 10.5. The number of carbonyl (C=O) groups excluding carboxylic acids is 1. The maximum absolute atomic E-state index is 13.1. The Bertz CT molecular complexity index is 962. The molecule has 6 heteroatoms. The van der Waals surface area contributed by atoms with Gasteiger partial charge >= 0.3 is 0 Å². The molecule has 0 spiro atoms. The molecular formula is C21H24N4O2. The predicted molar refractivity (Wildman–Crippen MR) is 102 cm³/mol. The van der Waals surface area contributed by atoms with E-state index in [1.54, 1.807) is 0 Å². The van der Waals surface area contributed by atoms with Crippen molar-refractivity contribution < 1.29 is 9.63 Å². The van der Waals surface area contributed by atoms with Crippen LogP contribution in [0.15, 0.2) is 42.7 Å². The van der Waals surface area contributed by atoms with Gasteiger partial charge in [-0.2, -0.15) is 5.10 Å². The SMILES string of the molecule is O=C(c1cc(-c2ccnn2C2CCCC2)n2ccccc12)N1CCCCO1. The molecule has 2 aliphatic rings. The van der Waals surface area contributed by atoms with Gasteiger partial charge in [-0.05, 0) is 49.9 Å². The summed E-state index contributed by atoms with van der Waals surface area (Å²) in [7, 11) is 0. The van der Waals surface area contributed by atoms with Gasteiger partial charge in [0, 0.05) is 18.9 Å². The summed E-state index contributed by atoms with van der Waals surface area (Å²) in [5.41, 5.74) is 3.68. The van der Waals surface area contributed by atoms with Crippen molar-refractivity contribution in [3.05, 3.63) is 48.3 Å². The Labute approximate surface area is 158 Å². The van der Waals surface area contributed by atoms with Gasteiger partial charge in [0.2, 0.25) is 0 Å². The summed E-state index contributed by atoms with van der Waals surface area (Å²) in [6.45, 7) is 1.26. The Morgan fingerprint density at radius 1 is 1.07 bits per heavy atom. The fourth-order valence-corrected chi connectivity index (χ4v) is 4.37. The third-order valence-corrected chi connectivity index (χ3v) is 5.74. The first kappa shape index (κ1) is 16.6. The first-order valence-electron chi connectivity index (χ1n) is 9.92. The van der Waals surface area contributed by atoms with Gasteiger partial charge in [0.1, 0.15) is 0 Å². The highest BCUT2D eigenvalue weighted by molar-refractivity contribution is 6.02. The van der Waals surface area contributed by atoms with Crippen molar-refractivity contribution in [1.29, 1.82) is 0 Å². The highest BCUT2D eigenvalue weighted by Gasteiger charge is 2.26. The molecule has 6 nitrogen and oxygen atoms in total. The van der Waals surface area contributed by atoms with E-state index in [2.05, 4.69) is 20.2 Å². The van der Waals surface area contributed by atoms with Gasteiger partial charge in [0.15, 0.2) is 0 Å². The highest BCUT2D eigenvalue weighted by atomic mass is 16.7. The molecule has 27 heavy (non-hydrogen) atoms. The number of carbonyl (C=O) groups is 1. The molecule has 0 unspecified atom stereocenters. The fourth-order valence-electron chi connectivity index (χ4n) is 4.37. The van der Waals surface area contributed by atoms with Crippen molar-refractivity contribution >= 4 is 11.4 Å². The molecule has 0 bridgehead atoms. The van der Waals surface area contributed by atoms with Crippen LogP contribution in [0.2, 0.25) is 0 Å². The van der Waals surface area contributed by atoms with Gasteiger partial charge in [-0.15, -0.1) is 0 Å². The van der Waals surface area contributed by atoms with Crippen molar-refractivity contribution in [3.8, 4) is 11.4 Å². The van der Waals surface area contributed by atoms with Gasteiger partial charge in [-0.3, -0.25) is 14.3 Å². The zero-order valence-electron chi connectivity index (χ0n) is 15.4. The maximum atomic E-state index is 13.1. The number of hydroxylamine groups is 2. The standard InChI is InChI=1S/C21H24N4O2/c26-21(24-13-5-6-14-27-24)17-15-20(23-12-4-3-9-18(17)23)19-10-11-22-25(19)16-7-1-2-8-16/h3-4,9-12,15-16H,1-2,5-8,13-14H2. The minimum atomic E-state index is -0.0587. The molecule has 1 amide bonds. The molecule has 0 N–H and O–H groups in total. The first-order chi connectivity index (χ1) is 13.3. The lowest BCUT2D eigenvalue weighted by Gasteiger charge is -2.25. The van der Waals surface area contributed by atoms with E-state index in [0.717, 1.165) is 29.7 Å². The molecule has 4 heterocycles. The summed E-state index contributed by atoms with van der Waals surface area (Å²) in [5.74, 6) is -0.0587. The lowest BCUT2D eigenvalue weighted by molar-refractivity contribution is -0.144. The van der Waals surface area contributed by atoms with Crippen LogP contribution >= 0.6 is 0 Å². The van der Waals surface area contributed by atoms with E-state index >= 15 is 0 Å². The molecule has 1 saturated carbocycles. The van der Waals surface area contributed by atoms with Crippen molar-refractivity contribution in [1.82, 2.24) is 19.2 Å². The van der Waals surface area contributed by atoms with E-state index in [1.165, 1.54) is 30.7 Å². The van der Waals surface area contributed by atoms with Crippen LogP contribution in [0.5, 0.6) is 0 Å². The molecule has 3 aromatic rings. The predicted octanol–water partition coefficient (Wildman–Crippen LogP) is 4.09. The summed E-state index contributed by atoms with van der Waals surface area (Å²) in [6.07, 6.45) is 10.7. The van der Waals surface area contributed by atoms with Crippen molar-refractivity contribution in [2.75, 3.05) is 13.2 Å². The molecule has 0 aromatic carbocycles. The highest BCUT2D eigenvalue weighted by Crippen LogP contribution is 2.34. The molecule has 1 saturated heterocycles. The van der Waals surface area contributed by atoms with Crippen molar-refractivity contribution in [2.45, 2.75) is 44.6 Å². The van der Waals surface area contributed by atoms with E-state index in [1.807, 2.05) is 36.7 Å². The Kier molecular flexibility index (Phi) is 4.20. The van der Waals surface area contributed by atoms with Gasteiger partial charge in [-0.1, -0.05) is 18.9 Å². The second kappa shape index (κ2) is 6.85. The van der Waals surface area contributed by atoms with Crippen LogP contribution in [0.3, 0.4) is 0 Å². The topological polar surface area (TPSA) is 51.8 Å². The normalized spacial score (nSPS) is 18.4. The number of nitrogens with zero attached hydrogens (tertiary/aromatic N) is 4. The minimum absolute atomic E-state index is 0.0587. The molecule has 5 rings (SSSR count). The number of rotatable bonds is 3. The Morgan fingerprint density at radius 2 is 1.96 bits per heavy atom. The summed E-state index contributed by atoms with van der Waals surface area (Å²) in [4.78, 5) is 18.7. The van der Waals surface area contributed by atoms with Gasteiger partial charge in [0.25, 0.3) is 5.91 Å². The van der Waals surface area contributed by atoms with Crippen LogP contribution in [0.25, 0.3) is 16.9 Å². The van der Waals surface area contributed by atoms with Crippen LogP contribution in [0.1, 0.15) is 54.9 Å². The summed E-state index contributed by atoms with van der Waals surface area (Å²) in [5, 5.41) is 6.13. The van der Waals surface area contributed by atoms with Crippen LogP contribution in [0, 0.1) is 0 Å². The smallest absolute Gasteiger partial charge is 0.279 e. The van der Waals surface area contributed by atoms with E-state index in [0.29, 0.717) is 24.8 Å². The Morgan fingerprint density at radius 3 is 2.78 bits per heavy atom. The number of pyridine rings is 1. The first-order valence-corrected chi connectivity index (χ1v) is 9.92. The lowest BCUT2D eigenvalue weighted by Crippen LogP contribution is -2.35. The molecule has 3 aromatic heterocycles. The third-order valence-electron chi connectivity index (χ3n) is 5.74. The van der Waals surface area contributed by atoms with E-state index in [9.17, 15) is 4.79 Å². The van der Waals surface area contributed by atoms with Crippen LogP contribution in [-0.4, -0.2) is 38.3 Å². The van der Waals surface area contributed by atoms with Crippen molar-refractivity contribution in [2.24, 2.45) is 0 Å². The average molecular weight is 364 g/mol. The Hall–Kier alpha value is -2.60. The number of amides is 1. The van der Waals surface area contributed by atoms with Crippen LogP contribution < -0.4 is 0 Å².